The zero-order chi connectivity index (χ0) is 13.7. The second kappa shape index (κ2) is 6.33. The molecule has 1 heterocycles. The Balaban J connectivity index is 1.95. The minimum absolute atomic E-state index is 0.194. The number of primary amides is 1. The van der Waals surface area contributed by atoms with Crippen molar-refractivity contribution in [1.29, 1.82) is 0 Å². The highest BCUT2D eigenvalue weighted by molar-refractivity contribution is 5.98. The number of hydrogen-bond acceptors (Lipinski definition) is 3. The van der Waals surface area contributed by atoms with E-state index in [1.807, 2.05) is 0 Å². The zero-order valence-corrected chi connectivity index (χ0v) is 10.7. The van der Waals surface area contributed by atoms with Gasteiger partial charge in [0.15, 0.2) is 0 Å². The molecule has 0 radical (unpaired) electrons. The molecule has 0 saturated carbocycles. The molecular formula is C14H18FN3O. The standard InChI is InChI=1S/C14H18FN3O/c15-11-1-2-13(12(9-11)14(16)19)18-8-5-10-3-6-17-7-4-10/h1-3,9,17-18H,4-8H2,(H2,16,19). The first-order valence-corrected chi connectivity index (χ1v) is 6.38. The van der Waals surface area contributed by atoms with Crippen LogP contribution in [0.1, 0.15) is 23.2 Å². The number of carbonyl (C=O) groups is 1. The van der Waals surface area contributed by atoms with Crippen LogP contribution in [0, 0.1) is 5.82 Å². The largest absolute Gasteiger partial charge is 0.384 e. The maximum Gasteiger partial charge on any atom is 0.250 e. The predicted octanol–water partition coefficient (Wildman–Crippen LogP) is 1.65. The van der Waals surface area contributed by atoms with E-state index in [0.29, 0.717) is 12.2 Å². The van der Waals surface area contributed by atoms with Gasteiger partial charge >= 0.3 is 0 Å². The second-order valence-corrected chi connectivity index (χ2v) is 4.55. The SMILES string of the molecule is NC(=O)c1cc(F)ccc1NCCC1=CCNCC1. The van der Waals surface area contributed by atoms with Gasteiger partial charge in [-0.3, -0.25) is 4.79 Å². The van der Waals surface area contributed by atoms with E-state index in [0.717, 1.165) is 32.0 Å². The number of halogens is 1. The van der Waals surface area contributed by atoms with Crippen LogP contribution in [-0.2, 0) is 0 Å². The molecule has 1 amide bonds. The number of amides is 1. The maximum atomic E-state index is 13.1. The summed E-state index contributed by atoms with van der Waals surface area (Å²) in [5.41, 5.74) is 7.41. The van der Waals surface area contributed by atoms with Crippen molar-refractivity contribution in [3.05, 3.63) is 41.2 Å². The summed E-state index contributed by atoms with van der Waals surface area (Å²) in [6.07, 6.45) is 4.15. The molecule has 4 nitrogen and oxygen atoms in total. The molecule has 0 atom stereocenters. The van der Waals surface area contributed by atoms with Crippen LogP contribution in [0.15, 0.2) is 29.8 Å². The van der Waals surface area contributed by atoms with E-state index in [2.05, 4.69) is 16.7 Å². The summed E-state index contributed by atoms with van der Waals surface area (Å²) >= 11 is 0. The highest BCUT2D eigenvalue weighted by Gasteiger charge is 2.09. The number of nitrogens with one attached hydrogen (secondary N) is 2. The molecule has 0 aliphatic carbocycles. The molecule has 0 unspecified atom stereocenters. The van der Waals surface area contributed by atoms with Crippen molar-refractivity contribution in [1.82, 2.24) is 5.32 Å². The fourth-order valence-electron chi connectivity index (χ4n) is 2.13. The van der Waals surface area contributed by atoms with Crippen molar-refractivity contribution in [2.45, 2.75) is 12.8 Å². The molecule has 1 aliphatic rings. The first-order valence-electron chi connectivity index (χ1n) is 6.38. The Kier molecular flexibility index (Phi) is 4.52. The number of anilines is 1. The first-order chi connectivity index (χ1) is 9.16. The van der Waals surface area contributed by atoms with Gasteiger partial charge in [0.25, 0.3) is 5.91 Å². The van der Waals surface area contributed by atoms with Crippen molar-refractivity contribution in [3.63, 3.8) is 0 Å². The third-order valence-corrected chi connectivity index (χ3v) is 3.17. The Labute approximate surface area is 111 Å². The van der Waals surface area contributed by atoms with Gasteiger partial charge in [-0.15, -0.1) is 0 Å². The van der Waals surface area contributed by atoms with Crippen LogP contribution in [0.4, 0.5) is 10.1 Å². The summed E-state index contributed by atoms with van der Waals surface area (Å²) in [6, 6.07) is 4.03. The van der Waals surface area contributed by atoms with Crippen molar-refractivity contribution < 1.29 is 9.18 Å². The minimum atomic E-state index is -0.622. The molecule has 102 valence electrons. The number of rotatable bonds is 5. The first kappa shape index (κ1) is 13.5. The van der Waals surface area contributed by atoms with Gasteiger partial charge < -0.3 is 16.4 Å². The lowest BCUT2D eigenvalue weighted by atomic mass is 10.1. The molecule has 19 heavy (non-hydrogen) atoms. The monoisotopic (exact) mass is 263 g/mol. The lowest BCUT2D eigenvalue weighted by molar-refractivity contribution is 0.100. The third kappa shape index (κ3) is 3.79. The molecule has 2 rings (SSSR count). The van der Waals surface area contributed by atoms with E-state index in [4.69, 9.17) is 5.73 Å². The minimum Gasteiger partial charge on any atom is -0.384 e. The summed E-state index contributed by atoms with van der Waals surface area (Å²) in [5.74, 6) is -1.08. The van der Waals surface area contributed by atoms with Gasteiger partial charge in [-0.05, 0) is 37.6 Å². The molecule has 0 saturated heterocycles. The van der Waals surface area contributed by atoms with Crippen LogP contribution in [0.2, 0.25) is 0 Å². The molecule has 0 bridgehead atoms. The molecule has 1 aromatic carbocycles. The maximum absolute atomic E-state index is 13.1. The van der Waals surface area contributed by atoms with Crippen molar-refractivity contribution in [2.75, 3.05) is 25.0 Å². The van der Waals surface area contributed by atoms with E-state index in [9.17, 15) is 9.18 Å². The van der Waals surface area contributed by atoms with Crippen LogP contribution in [0.3, 0.4) is 0 Å². The average molecular weight is 263 g/mol. The van der Waals surface area contributed by atoms with E-state index >= 15 is 0 Å². The normalized spacial score (nSPS) is 14.9. The zero-order valence-electron chi connectivity index (χ0n) is 10.7. The van der Waals surface area contributed by atoms with E-state index < -0.39 is 11.7 Å². The summed E-state index contributed by atoms with van der Waals surface area (Å²) in [4.78, 5) is 11.2. The Bertz CT molecular complexity index is 499. The van der Waals surface area contributed by atoms with Gasteiger partial charge in [-0.1, -0.05) is 11.6 Å². The average Bonchev–Trinajstić information content (AvgIpc) is 2.41. The van der Waals surface area contributed by atoms with Gasteiger partial charge in [0.05, 0.1) is 5.56 Å². The van der Waals surface area contributed by atoms with Crippen LogP contribution in [0.25, 0.3) is 0 Å². The Morgan fingerprint density at radius 2 is 2.32 bits per heavy atom. The Hall–Kier alpha value is -1.88. The van der Waals surface area contributed by atoms with Crippen LogP contribution in [-0.4, -0.2) is 25.5 Å². The van der Waals surface area contributed by atoms with Gasteiger partial charge in [0.2, 0.25) is 0 Å². The fraction of sp³-hybridized carbons (Fsp3) is 0.357. The quantitative estimate of drug-likeness (QED) is 0.708. The van der Waals surface area contributed by atoms with Crippen LogP contribution < -0.4 is 16.4 Å². The fourth-order valence-corrected chi connectivity index (χ4v) is 2.13. The van der Waals surface area contributed by atoms with E-state index in [1.165, 1.54) is 11.6 Å². The molecule has 0 aromatic heterocycles. The summed E-state index contributed by atoms with van der Waals surface area (Å²) < 4.78 is 13.1. The molecular weight excluding hydrogens is 245 g/mol. The van der Waals surface area contributed by atoms with Gasteiger partial charge in [0, 0.05) is 18.8 Å². The lowest BCUT2D eigenvalue weighted by Gasteiger charge is -2.15. The molecule has 1 aliphatic heterocycles. The molecule has 4 N–H and O–H groups in total. The number of hydrogen-bond donors (Lipinski definition) is 3. The van der Waals surface area contributed by atoms with Crippen molar-refractivity contribution in [3.8, 4) is 0 Å². The summed E-state index contributed by atoms with van der Waals surface area (Å²) in [7, 11) is 0. The molecule has 1 aromatic rings. The van der Waals surface area contributed by atoms with Gasteiger partial charge in [0.1, 0.15) is 5.82 Å². The summed E-state index contributed by atoms with van der Waals surface area (Å²) in [5, 5.41) is 6.39. The molecule has 5 heteroatoms. The lowest BCUT2D eigenvalue weighted by Crippen LogP contribution is -2.21. The Morgan fingerprint density at radius 3 is 3.00 bits per heavy atom. The number of carbonyl (C=O) groups excluding carboxylic acids is 1. The van der Waals surface area contributed by atoms with Gasteiger partial charge in [-0.25, -0.2) is 4.39 Å². The van der Waals surface area contributed by atoms with E-state index in [-0.39, 0.29) is 5.56 Å². The smallest absolute Gasteiger partial charge is 0.250 e. The second-order valence-electron chi connectivity index (χ2n) is 4.55. The van der Waals surface area contributed by atoms with Crippen LogP contribution in [0.5, 0.6) is 0 Å². The molecule has 0 fully saturated rings. The van der Waals surface area contributed by atoms with Crippen LogP contribution >= 0.6 is 0 Å². The topological polar surface area (TPSA) is 67.2 Å². The predicted molar refractivity (Wildman–Crippen MR) is 73.6 cm³/mol. The number of nitrogens with two attached hydrogens (primary N) is 1. The molecule has 0 spiro atoms. The van der Waals surface area contributed by atoms with Crippen molar-refractivity contribution >= 4 is 11.6 Å². The highest BCUT2D eigenvalue weighted by Crippen LogP contribution is 2.17. The van der Waals surface area contributed by atoms with E-state index in [1.54, 1.807) is 6.07 Å². The third-order valence-electron chi connectivity index (χ3n) is 3.17. The highest BCUT2D eigenvalue weighted by atomic mass is 19.1. The van der Waals surface area contributed by atoms with Crippen molar-refractivity contribution in [2.24, 2.45) is 5.73 Å². The summed E-state index contributed by atoms with van der Waals surface area (Å²) in [6.45, 7) is 2.63. The van der Waals surface area contributed by atoms with Gasteiger partial charge in [-0.2, -0.15) is 0 Å². The Morgan fingerprint density at radius 1 is 1.47 bits per heavy atom. The number of benzene rings is 1.